The number of carbonyl (C=O) groups excluding carboxylic acids is 3. The molecule has 0 aromatic heterocycles. The van der Waals surface area contributed by atoms with Gasteiger partial charge in [-0.15, -0.1) is 11.8 Å². The molecule has 1 atom stereocenters. The Hall–Kier alpha value is -2.25. The third-order valence-corrected chi connectivity index (χ3v) is 6.82. The molecule has 1 aliphatic heterocycles. The highest BCUT2D eigenvalue weighted by molar-refractivity contribution is 7.99. The minimum absolute atomic E-state index is 0.278. The predicted molar refractivity (Wildman–Crippen MR) is 123 cm³/mol. The van der Waals surface area contributed by atoms with Gasteiger partial charge < -0.3 is 5.32 Å². The van der Waals surface area contributed by atoms with Crippen molar-refractivity contribution < 1.29 is 14.4 Å². The quantitative estimate of drug-likeness (QED) is 0.362. The van der Waals surface area contributed by atoms with Crippen molar-refractivity contribution in [3.8, 4) is 0 Å². The number of hydrogen-bond donors (Lipinski definition) is 1. The smallest absolute Gasteiger partial charge is 0.262 e. The largest absolute Gasteiger partial charge is 0.353 e. The van der Waals surface area contributed by atoms with Crippen molar-refractivity contribution in [3.63, 3.8) is 0 Å². The summed E-state index contributed by atoms with van der Waals surface area (Å²) < 4.78 is 0. The summed E-state index contributed by atoms with van der Waals surface area (Å²) >= 11 is 3.26. The maximum atomic E-state index is 12.9. The summed E-state index contributed by atoms with van der Waals surface area (Å²) in [5, 5.41) is 2.92. The van der Waals surface area contributed by atoms with E-state index in [0.29, 0.717) is 35.6 Å². The van der Waals surface area contributed by atoms with Crippen molar-refractivity contribution in [1.29, 1.82) is 0 Å². The molecule has 5 nitrogen and oxygen atoms in total. The Bertz CT molecular complexity index is 926. The standard InChI is InChI=1S/C23H26N2O3S2/c1-15-8-9-17(14-16(15)2)30-13-11-24-21(26)20(10-12-29-3)25-22(27)18-6-4-5-7-19(18)23(25)28/h4-9,14,20H,10-13H2,1-3H3,(H,24,26). The molecule has 0 spiro atoms. The van der Waals surface area contributed by atoms with Crippen LogP contribution in [-0.4, -0.2) is 53.0 Å². The second-order valence-corrected chi connectivity index (χ2v) is 9.36. The Morgan fingerprint density at radius 1 is 1.00 bits per heavy atom. The van der Waals surface area contributed by atoms with Gasteiger partial charge in [-0.05, 0) is 67.7 Å². The summed E-state index contributed by atoms with van der Waals surface area (Å²) in [6.07, 6.45) is 2.38. The molecular weight excluding hydrogens is 416 g/mol. The average Bonchev–Trinajstić information content (AvgIpc) is 2.99. The van der Waals surface area contributed by atoms with E-state index >= 15 is 0 Å². The molecule has 0 bridgehead atoms. The second-order valence-electron chi connectivity index (χ2n) is 7.21. The molecule has 0 saturated carbocycles. The van der Waals surface area contributed by atoms with Gasteiger partial charge in [-0.1, -0.05) is 18.2 Å². The lowest BCUT2D eigenvalue weighted by Gasteiger charge is -2.25. The van der Waals surface area contributed by atoms with Gasteiger partial charge in [0.1, 0.15) is 6.04 Å². The van der Waals surface area contributed by atoms with E-state index in [2.05, 4.69) is 37.4 Å². The highest BCUT2D eigenvalue weighted by Crippen LogP contribution is 2.26. The number of hydrogen-bond acceptors (Lipinski definition) is 5. The Labute approximate surface area is 186 Å². The molecule has 158 valence electrons. The van der Waals surface area contributed by atoms with Gasteiger partial charge in [0.05, 0.1) is 11.1 Å². The van der Waals surface area contributed by atoms with Crippen molar-refractivity contribution in [2.24, 2.45) is 0 Å². The van der Waals surface area contributed by atoms with Crippen LogP contribution in [0.15, 0.2) is 47.4 Å². The first kappa shape index (κ1) is 22.4. The minimum Gasteiger partial charge on any atom is -0.353 e. The van der Waals surface area contributed by atoms with Crippen LogP contribution in [0, 0.1) is 13.8 Å². The zero-order valence-electron chi connectivity index (χ0n) is 17.4. The zero-order chi connectivity index (χ0) is 21.7. The van der Waals surface area contributed by atoms with E-state index in [1.165, 1.54) is 11.1 Å². The molecule has 30 heavy (non-hydrogen) atoms. The number of amides is 3. The Balaban J connectivity index is 1.62. The topological polar surface area (TPSA) is 66.5 Å². The van der Waals surface area contributed by atoms with Gasteiger partial charge in [0, 0.05) is 17.2 Å². The molecule has 0 fully saturated rings. The zero-order valence-corrected chi connectivity index (χ0v) is 19.1. The van der Waals surface area contributed by atoms with E-state index in [4.69, 9.17) is 0 Å². The van der Waals surface area contributed by atoms with Gasteiger partial charge in [0.2, 0.25) is 5.91 Å². The number of benzene rings is 2. The van der Waals surface area contributed by atoms with E-state index in [1.807, 2.05) is 6.26 Å². The van der Waals surface area contributed by atoms with Crippen molar-refractivity contribution in [3.05, 3.63) is 64.7 Å². The van der Waals surface area contributed by atoms with E-state index in [0.717, 1.165) is 9.80 Å². The fourth-order valence-corrected chi connectivity index (χ4v) is 4.69. The SMILES string of the molecule is CSCCC(C(=O)NCCSc1ccc(C)c(C)c1)N1C(=O)c2ccccc2C1=O. The molecule has 1 heterocycles. The molecule has 1 aliphatic rings. The van der Waals surface area contributed by atoms with E-state index < -0.39 is 6.04 Å². The van der Waals surface area contributed by atoms with Gasteiger partial charge in [-0.2, -0.15) is 11.8 Å². The third-order valence-electron chi connectivity index (χ3n) is 5.18. The lowest BCUT2D eigenvalue weighted by molar-refractivity contribution is -0.124. The number of fused-ring (bicyclic) bond motifs is 1. The minimum atomic E-state index is -0.795. The number of rotatable bonds is 9. The molecule has 2 aromatic carbocycles. The fraction of sp³-hybridized carbons (Fsp3) is 0.348. The summed E-state index contributed by atoms with van der Waals surface area (Å²) in [4.78, 5) is 40.8. The third kappa shape index (κ3) is 4.90. The Morgan fingerprint density at radius 2 is 1.67 bits per heavy atom. The van der Waals surface area contributed by atoms with Crippen molar-refractivity contribution in [2.45, 2.75) is 31.2 Å². The van der Waals surface area contributed by atoms with Crippen LogP contribution in [0.3, 0.4) is 0 Å². The number of imide groups is 1. The van der Waals surface area contributed by atoms with Gasteiger partial charge >= 0.3 is 0 Å². The van der Waals surface area contributed by atoms with Crippen LogP contribution in [-0.2, 0) is 4.79 Å². The molecule has 0 aliphatic carbocycles. The van der Waals surface area contributed by atoms with E-state index in [1.54, 1.807) is 47.8 Å². The number of aryl methyl sites for hydroxylation is 2. The number of thioether (sulfide) groups is 2. The van der Waals surface area contributed by atoms with Crippen molar-refractivity contribution in [1.82, 2.24) is 10.2 Å². The molecule has 7 heteroatoms. The van der Waals surface area contributed by atoms with Crippen LogP contribution in [0.1, 0.15) is 38.3 Å². The maximum absolute atomic E-state index is 12.9. The molecule has 3 rings (SSSR count). The van der Waals surface area contributed by atoms with Gasteiger partial charge in [0.25, 0.3) is 11.8 Å². The normalized spacial score (nSPS) is 14.0. The monoisotopic (exact) mass is 442 g/mol. The lowest BCUT2D eigenvalue weighted by atomic mass is 10.1. The van der Waals surface area contributed by atoms with Crippen LogP contribution in [0.25, 0.3) is 0 Å². The molecular formula is C23H26N2O3S2. The van der Waals surface area contributed by atoms with Gasteiger partial charge in [-0.25, -0.2) is 0 Å². The van der Waals surface area contributed by atoms with Gasteiger partial charge in [0.15, 0.2) is 0 Å². The number of carbonyl (C=O) groups is 3. The first-order valence-corrected chi connectivity index (χ1v) is 12.3. The highest BCUT2D eigenvalue weighted by Gasteiger charge is 2.42. The van der Waals surface area contributed by atoms with Crippen LogP contribution < -0.4 is 5.32 Å². The van der Waals surface area contributed by atoms with Crippen LogP contribution in [0.5, 0.6) is 0 Å². The lowest BCUT2D eigenvalue weighted by Crippen LogP contribution is -2.50. The first-order valence-electron chi connectivity index (χ1n) is 9.87. The number of nitrogens with one attached hydrogen (secondary N) is 1. The van der Waals surface area contributed by atoms with Crippen molar-refractivity contribution >= 4 is 41.2 Å². The van der Waals surface area contributed by atoms with Crippen LogP contribution in [0.2, 0.25) is 0 Å². The summed E-state index contributed by atoms with van der Waals surface area (Å²) in [6, 6.07) is 12.3. The maximum Gasteiger partial charge on any atom is 0.262 e. The molecule has 1 unspecified atom stereocenters. The molecule has 3 amide bonds. The van der Waals surface area contributed by atoms with E-state index in [-0.39, 0.29) is 17.7 Å². The molecule has 0 saturated heterocycles. The summed E-state index contributed by atoms with van der Waals surface area (Å²) in [7, 11) is 0. The van der Waals surface area contributed by atoms with E-state index in [9.17, 15) is 14.4 Å². The predicted octanol–water partition coefficient (Wildman–Crippen LogP) is 3.93. The fourth-order valence-electron chi connectivity index (χ4n) is 3.36. The Morgan fingerprint density at radius 3 is 2.27 bits per heavy atom. The second kappa shape index (κ2) is 10.2. The Kier molecular flexibility index (Phi) is 7.61. The van der Waals surface area contributed by atoms with Crippen LogP contribution in [0.4, 0.5) is 0 Å². The van der Waals surface area contributed by atoms with Gasteiger partial charge in [-0.3, -0.25) is 19.3 Å². The number of nitrogens with zero attached hydrogens (tertiary/aromatic N) is 1. The van der Waals surface area contributed by atoms with Crippen molar-refractivity contribution in [2.75, 3.05) is 24.3 Å². The highest BCUT2D eigenvalue weighted by atomic mass is 32.2. The summed E-state index contributed by atoms with van der Waals surface area (Å²) in [5.41, 5.74) is 3.24. The molecule has 1 N–H and O–H groups in total. The first-order chi connectivity index (χ1) is 14.4. The molecule has 2 aromatic rings. The summed E-state index contributed by atoms with van der Waals surface area (Å²) in [6.45, 7) is 4.63. The molecule has 0 radical (unpaired) electrons. The average molecular weight is 443 g/mol. The summed E-state index contributed by atoms with van der Waals surface area (Å²) in [5.74, 6) is 0.344. The van der Waals surface area contributed by atoms with Crippen LogP contribution >= 0.6 is 23.5 Å².